The second kappa shape index (κ2) is 5.45. The highest BCUT2D eigenvalue weighted by molar-refractivity contribution is 8.00. The third kappa shape index (κ3) is 2.82. The van der Waals surface area contributed by atoms with Crippen molar-refractivity contribution in [2.45, 2.75) is 4.90 Å². The van der Waals surface area contributed by atoms with Crippen LogP contribution in [0.1, 0.15) is 10.5 Å². The van der Waals surface area contributed by atoms with Gasteiger partial charge in [-0.3, -0.25) is 9.59 Å². The van der Waals surface area contributed by atoms with Crippen LogP contribution in [0, 0.1) is 0 Å². The van der Waals surface area contributed by atoms with Gasteiger partial charge in [0.25, 0.3) is 5.91 Å². The van der Waals surface area contributed by atoms with Crippen LogP contribution in [0.5, 0.6) is 0 Å². The fourth-order valence-corrected chi connectivity index (χ4v) is 2.75. The number of fused-ring (bicyclic) bond motifs is 1. The van der Waals surface area contributed by atoms with Gasteiger partial charge in [-0.05, 0) is 30.3 Å². The van der Waals surface area contributed by atoms with Crippen molar-refractivity contribution in [2.75, 3.05) is 22.1 Å². The van der Waals surface area contributed by atoms with Gasteiger partial charge in [-0.25, -0.2) is 4.98 Å². The SMILES string of the molecule is Nc1cccnc1C(=O)Nc1ccc2c(c1)NC(=O)CS2. The minimum Gasteiger partial charge on any atom is -0.397 e. The van der Waals surface area contributed by atoms with Gasteiger partial charge in [0.2, 0.25) is 5.91 Å². The number of nitrogens with one attached hydrogen (secondary N) is 2. The molecule has 0 saturated heterocycles. The lowest BCUT2D eigenvalue weighted by molar-refractivity contribution is -0.113. The van der Waals surface area contributed by atoms with Gasteiger partial charge < -0.3 is 16.4 Å². The van der Waals surface area contributed by atoms with Crippen LogP contribution >= 0.6 is 11.8 Å². The van der Waals surface area contributed by atoms with E-state index < -0.39 is 0 Å². The maximum absolute atomic E-state index is 12.1. The van der Waals surface area contributed by atoms with Crippen LogP contribution in [-0.2, 0) is 4.79 Å². The predicted octanol–water partition coefficient (Wildman–Crippen LogP) is 1.96. The van der Waals surface area contributed by atoms with E-state index in [1.807, 2.05) is 6.07 Å². The Kier molecular flexibility index (Phi) is 3.49. The lowest BCUT2D eigenvalue weighted by Gasteiger charge is -2.17. The zero-order valence-corrected chi connectivity index (χ0v) is 11.7. The van der Waals surface area contributed by atoms with Gasteiger partial charge in [0, 0.05) is 16.8 Å². The maximum Gasteiger partial charge on any atom is 0.276 e. The number of rotatable bonds is 2. The summed E-state index contributed by atoms with van der Waals surface area (Å²) in [6, 6.07) is 8.64. The summed E-state index contributed by atoms with van der Waals surface area (Å²) in [7, 11) is 0. The third-order valence-electron chi connectivity index (χ3n) is 2.92. The van der Waals surface area contributed by atoms with Gasteiger partial charge >= 0.3 is 0 Å². The molecule has 1 aromatic carbocycles. The van der Waals surface area contributed by atoms with Crippen LogP contribution in [0.2, 0.25) is 0 Å². The Morgan fingerprint density at radius 2 is 2.24 bits per heavy atom. The summed E-state index contributed by atoms with van der Waals surface area (Å²) in [4.78, 5) is 28.4. The summed E-state index contributed by atoms with van der Waals surface area (Å²) in [5.41, 5.74) is 7.48. The summed E-state index contributed by atoms with van der Waals surface area (Å²) in [5, 5.41) is 5.50. The Balaban J connectivity index is 1.82. The second-order valence-electron chi connectivity index (χ2n) is 4.44. The molecule has 0 radical (unpaired) electrons. The van der Waals surface area contributed by atoms with Gasteiger partial charge in [-0.1, -0.05) is 0 Å². The number of hydrogen-bond donors (Lipinski definition) is 3. The molecule has 1 aromatic heterocycles. The van der Waals surface area contributed by atoms with Crippen LogP contribution in [0.4, 0.5) is 17.1 Å². The molecule has 2 aromatic rings. The largest absolute Gasteiger partial charge is 0.397 e. The molecule has 7 heteroatoms. The molecule has 0 saturated carbocycles. The summed E-state index contributed by atoms with van der Waals surface area (Å²) in [5.74, 6) is -0.0313. The second-order valence-corrected chi connectivity index (χ2v) is 5.46. The van der Waals surface area contributed by atoms with Crippen molar-refractivity contribution < 1.29 is 9.59 Å². The number of amides is 2. The molecule has 0 fully saturated rings. The number of anilines is 3. The molecule has 106 valence electrons. The number of nitrogens with zero attached hydrogens (tertiary/aromatic N) is 1. The normalized spacial score (nSPS) is 13.2. The van der Waals surface area contributed by atoms with E-state index in [4.69, 9.17) is 5.73 Å². The summed E-state index contributed by atoms with van der Waals surface area (Å²) < 4.78 is 0. The Morgan fingerprint density at radius 1 is 1.38 bits per heavy atom. The Bertz CT molecular complexity index is 733. The molecule has 0 bridgehead atoms. The summed E-state index contributed by atoms with van der Waals surface area (Å²) in [6.45, 7) is 0. The predicted molar refractivity (Wildman–Crippen MR) is 82.4 cm³/mol. The molecule has 0 atom stereocenters. The molecule has 0 aliphatic carbocycles. The minimum atomic E-state index is -0.386. The molecule has 21 heavy (non-hydrogen) atoms. The number of nitrogens with two attached hydrogens (primary N) is 1. The Hall–Kier alpha value is -2.54. The smallest absolute Gasteiger partial charge is 0.276 e. The number of thioether (sulfide) groups is 1. The molecule has 1 aliphatic rings. The summed E-state index contributed by atoms with van der Waals surface area (Å²) in [6.07, 6.45) is 1.51. The summed E-state index contributed by atoms with van der Waals surface area (Å²) >= 11 is 1.47. The van der Waals surface area contributed by atoms with Gasteiger partial charge in [-0.2, -0.15) is 0 Å². The average molecular weight is 300 g/mol. The molecular formula is C14H12N4O2S. The topological polar surface area (TPSA) is 97.1 Å². The number of aromatic nitrogens is 1. The van der Waals surface area contributed by atoms with Crippen molar-refractivity contribution >= 4 is 40.6 Å². The third-order valence-corrected chi connectivity index (χ3v) is 4.00. The zero-order chi connectivity index (χ0) is 14.8. The van der Waals surface area contributed by atoms with Crippen LogP contribution in [0.15, 0.2) is 41.4 Å². The van der Waals surface area contributed by atoms with Gasteiger partial charge in [0.1, 0.15) is 0 Å². The first kappa shape index (κ1) is 13.4. The van der Waals surface area contributed by atoms with E-state index in [1.54, 1.807) is 24.3 Å². The van der Waals surface area contributed by atoms with Crippen molar-refractivity contribution in [3.8, 4) is 0 Å². The lowest BCUT2D eigenvalue weighted by atomic mass is 10.2. The van der Waals surface area contributed by atoms with Crippen molar-refractivity contribution in [1.29, 1.82) is 0 Å². The van der Waals surface area contributed by atoms with Gasteiger partial charge in [-0.15, -0.1) is 11.8 Å². The van der Waals surface area contributed by atoms with Crippen molar-refractivity contribution in [1.82, 2.24) is 4.98 Å². The van der Waals surface area contributed by atoms with E-state index in [0.29, 0.717) is 22.8 Å². The first-order valence-corrected chi connectivity index (χ1v) is 7.20. The van der Waals surface area contributed by atoms with Gasteiger partial charge in [0.15, 0.2) is 5.69 Å². The van der Waals surface area contributed by atoms with Crippen LogP contribution in [0.25, 0.3) is 0 Å². The van der Waals surface area contributed by atoms with Gasteiger partial charge in [0.05, 0.1) is 17.1 Å². The molecule has 1 aliphatic heterocycles. The average Bonchev–Trinajstić information content (AvgIpc) is 2.47. The first-order valence-electron chi connectivity index (χ1n) is 6.22. The number of hydrogen-bond acceptors (Lipinski definition) is 5. The number of pyridine rings is 1. The molecular weight excluding hydrogens is 288 g/mol. The zero-order valence-electron chi connectivity index (χ0n) is 10.9. The first-order chi connectivity index (χ1) is 10.1. The number of carbonyl (C=O) groups excluding carboxylic acids is 2. The van der Waals surface area contributed by atoms with Crippen molar-refractivity contribution in [2.24, 2.45) is 0 Å². The van der Waals surface area contributed by atoms with E-state index in [1.165, 1.54) is 18.0 Å². The highest BCUT2D eigenvalue weighted by Crippen LogP contribution is 2.33. The number of carbonyl (C=O) groups is 2. The highest BCUT2D eigenvalue weighted by Gasteiger charge is 2.17. The van der Waals surface area contributed by atoms with E-state index in [9.17, 15) is 9.59 Å². The monoisotopic (exact) mass is 300 g/mol. The van der Waals surface area contributed by atoms with E-state index in [-0.39, 0.29) is 17.5 Å². The van der Waals surface area contributed by atoms with Crippen LogP contribution in [0.3, 0.4) is 0 Å². The molecule has 0 unspecified atom stereocenters. The molecule has 2 heterocycles. The maximum atomic E-state index is 12.1. The Morgan fingerprint density at radius 3 is 3.05 bits per heavy atom. The highest BCUT2D eigenvalue weighted by atomic mass is 32.2. The van der Waals surface area contributed by atoms with E-state index in [0.717, 1.165) is 4.90 Å². The quantitative estimate of drug-likeness (QED) is 0.787. The molecule has 4 N–H and O–H groups in total. The molecule has 2 amide bonds. The fourth-order valence-electron chi connectivity index (χ4n) is 1.96. The van der Waals surface area contributed by atoms with Crippen molar-refractivity contribution in [3.63, 3.8) is 0 Å². The number of benzene rings is 1. The molecule has 3 rings (SSSR count). The standard InChI is InChI=1S/C14H12N4O2S/c15-9-2-1-5-16-13(9)14(20)17-8-3-4-11-10(6-8)18-12(19)7-21-11/h1-6H,7,15H2,(H,17,20)(H,18,19). The number of nitrogen functional groups attached to an aromatic ring is 1. The molecule has 0 spiro atoms. The Labute approximate surface area is 125 Å². The lowest BCUT2D eigenvalue weighted by Crippen LogP contribution is -2.19. The van der Waals surface area contributed by atoms with Crippen LogP contribution < -0.4 is 16.4 Å². The molecule has 6 nitrogen and oxygen atoms in total. The van der Waals surface area contributed by atoms with Crippen LogP contribution in [-0.4, -0.2) is 22.6 Å². The van der Waals surface area contributed by atoms with E-state index in [2.05, 4.69) is 15.6 Å². The fraction of sp³-hybridized carbons (Fsp3) is 0.0714. The minimum absolute atomic E-state index is 0.0510. The van der Waals surface area contributed by atoms with E-state index >= 15 is 0 Å². The van der Waals surface area contributed by atoms with Crippen molar-refractivity contribution in [3.05, 3.63) is 42.2 Å².